The number of benzene rings is 3. The van der Waals surface area contributed by atoms with Crippen LogP contribution in [0.4, 0.5) is 0 Å². The molecule has 31 heavy (non-hydrogen) atoms. The first-order valence-electron chi connectivity index (χ1n) is 10.8. The molecule has 4 atom stereocenters. The van der Waals surface area contributed by atoms with Gasteiger partial charge in [-0.3, -0.25) is 10.1 Å². The van der Waals surface area contributed by atoms with Crippen LogP contribution < -0.4 is 4.74 Å². The minimum atomic E-state index is -1.38. The van der Waals surface area contributed by atoms with E-state index in [9.17, 15) is 10.1 Å². The highest BCUT2D eigenvalue weighted by Crippen LogP contribution is 2.63. The minimum Gasteiger partial charge on any atom is -0.478 e. The zero-order chi connectivity index (χ0) is 21.0. The van der Waals surface area contributed by atoms with Crippen molar-refractivity contribution in [2.75, 3.05) is 13.1 Å². The van der Waals surface area contributed by atoms with Crippen LogP contribution in [0.1, 0.15) is 41.3 Å². The van der Waals surface area contributed by atoms with E-state index in [4.69, 9.17) is 4.74 Å². The van der Waals surface area contributed by atoms with Crippen LogP contribution in [-0.4, -0.2) is 33.6 Å². The fourth-order valence-corrected chi connectivity index (χ4v) is 5.90. The standard InChI is InChI=1S/C25H23N3O3/c29-28(30)25-22(18-10-3-1-4-11-18)26-16-9-17-27(26)23(25)20-14-7-8-15-21(20)31-24(25)19-12-5-2-6-13-19/h1-8,10-15,22-24H,9,16-17H2/t22-,23-,24+,25+/m0/s1. The second kappa shape index (κ2) is 6.90. The van der Waals surface area contributed by atoms with Gasteiger partial charge >= 0.3 is 5.54 Å². The van der Waals surface area contributed by atoms with Crippen LogP contribution in [0.25, 0.3) is 0 Å². The Kier molecular flexibility index (Phi) is 4.13. The number of rotatable bonds is 3. The molecule has 0 aliphatic carbocycles. The van der Waals surface area contributed by atoms with Gasteiger partial charge in [0, 0.05) is 23.6 Å². The molecular formula is C25H23N3O3. The van der Waals surface area contributed by atoms with Crippen molar-refractivity contribution in [2.24, 2.45) is 0 Å². The predicted molar refractivity (Wildman–Crippen MR) is 116 cm³/mol. The monoisotopic (exact) mass is 413 g/mol. The third-order valence-corrected chi connectivity index (χ3v) is 6.99. The molecule has 3 aromatic carbocycles. The maximum absolute atomic E-state index is 13.2. The van der Waals surface area contributed by atoms with Gasteiger partial charge in [-0.15, -0.1) is 0 Å². The van der Waals surface area contributed by atoms with Crippen molar-refractivity contribution in [1.29, 1.82) is 0 Å². The van der Waals surface area contributed by atoms with Crippen molar-refractivity contribution in [3.8, 4) is 5.75 Å². The van der Waals surface area contributed by atoms with Gasteiger partial charge in [0.15, 0.2) is 6.10 Å². The Morgan fingerprint density at radius 3 is 2.06 bits per heavy atom. The lowest BCUT2D eigenvalue weighted by atomic mass is 9.70. The SMILES string of the molecule is O=[N+]([O-])[C@@]12[C@@H](c3ccccc3)Oc3ccccc3[C@@H]1N1CCCN1[C@H]2c1ccccc1. The predicted octanol–water partition coefficient (Wildman–Crippen LogP) is 4.55. The lowest BCUT2D eigenvalue weighted by Crippen LogP contribution is -2.56. The van der Waals surface area contributed by atoms with Gasteiger partial charge in [0.1, 0.15) is 17.8 Å². The Hall–Kier alpha value is -3.22. The molecule has 156 valence electrons. The second-order valence-electron chi connectivity index (χ2n) is 8.49. The molecule has 2 fully saturated rings. The molecule has 6 rings (SSSR count). The number of nitrogens with zero attached hydrogens (tertiary/aromatic N) is 3. The third kappa shape index (κ3) is 2.46. The summed E-state index contributed by atoms with van der Waals surface area (Å²) in [5.41, 5.74) is 1.31. The van der Waals surface area contributed by atoms with Gasteiger partial charge in [-0.2, -0.15) is 0 Å². The smallest absolute Gasteiger partial charge is 0.303 e. The largest absolute Gasteiger partial charge is 0.478 e. The van der Waals surface area contributed by atoms with Crippen molar-refractivity contribution in [2.45, 2.75) is 30.1 Å². The molecule has 0 spiro atoms. The molecule has 6 nitrogen and oxygen atoms in total. The summed E-state index contributed by atoms with van der Waals surface area (Å²) in [4.78, 5) is 13.2. The molecule has 3 heterocycles. The molecular weight excluding hydrogens is 390 g/mol. The Balaban J connectivity index is 1.67. The molecule has 2 saturated heterocycles. The van der Waals surface area contributed by atoms with Crippen LogP contribution >= 0.6 is 0 Å². The summed E-state index contributed by atoms with van der Waals surface area (Å²) >= 11 is 0. The van der Waals surface area contributed by atoms with E-state index in [1.807, 2.05) is 84.9 Å². The fourth-order valence-electron chi connectivity index (χ4n) is 5.90. The normalized spacial score (nSPS) is 29.6. The number of hydrogen-bond acceptors (Lipinski definition) is 5. The third-order valence-electron chi connectivity index (χ3n) is 6.99. The first kappa shape index (κ1) is 18.5. The van der Waals surface area contributed by atoms with E-state index in [1.54, 1.807) is 0 Å². The molecule has 3 aliphatic rings. The van der Waals surface area contributed by atoms with Gasteiger partial charge in [-0.25, -0.2) is 10.0 Å². The van der Waals surface area contributed by atoms with Crippen LogP contribution in [0.3, 0.4) is 0 Å². The maximum atomic E-state index is 13.2. The lowest BCUT2D eigenvalue weighted by Gasteiger charge is -2.42. The number of hydrazine groups is 1. The van der Waals surface area contributed by atoms with Crippen LogP contribution in [0.2, 0.25) is 0 Å². The van der Waals surface area contributed by atoms with Crippen molar-refractivity contribution in [1.82, 2.24) is 10.0 Å². The van der Waals surface area contributed by atoms with Crippen LogP contribution in [0.15, 0.2) is 84.9 Å². The topological polar surface area (TPSA) is 58.9 Å². The summed E-state index contributed by atoms with van der Waals surface area (Å²) in [5.74, 6) is 0.736. The van der Waals surface area contributed by atoms with Crippen molar-refractivity contribution < 1.29 is 9.66 Å². The summed E-state index contributed by atoms with van der Waals surface area (Å²) in [6.45, 7) is 1.61. The van der Waals surface area contributed by atoms with E-state index in [1.165, 1.54) is 0 Å². The molecule has 0 N–H and O–H groups in total. The van der Waals surface area contributed by atoms with E-state index < -0.39 is 23.7 Å². The van der Waals surface area contributed by atoms with E-state index in [-0.39, 0.29) is 4.92 Å². The highest BCUT2D eigenvalue weighted by atomic mass is 16.6. The fraction of sp³-hybridized carbons (Fsp3) is 0.280. The van der Waals surface area contributed by atoms with Crippen molar-refractivity contribution in [3.05, 3.63) is 112 Å². The zero-order valence-corrected chi connectivity index (χ0v) is 17.0. The average Bonchev–Trinajstić information content (AvgIpc) is 3.39. The van der Waals surface area contributed by atoms with Gasteiger partial charge in [0.2, 0.25) is 0 Å². The number of fused-ring (bicyclic) bond motifs is 5. The first-order valence-corrected chi connectivity index (χ1v) is 10.8. The van der Waals surface area contributed by atoms with Crippen molar-refractivity contribution >= 4 is 0 Å². The Morgan fingerprint density at radius 1 is 0.806 bits per heavy atom. The second-order valence-corrected chi connectivity index (χ2v) is 8.49. The summed E-state index contributed by atoms with van der Waals surface area (Å²) in [6.07, 6.45) is 0.284. The molecule has 6 heteroatoms. The lowest BCUT2D eigenvalue weighted by molar-refractivity contribution is -0.594. The van der Waals surface area contributed by atoms with Crippen LogP contribution in [0, 0.1) is 10.1 Å². The van der Waals surface area contributed by atoms with Gasteiger partial charge in [-0.05, 0) is 23.6 Å². The number of nitro groups is 1. The van der Waals surface area contributed by atoms with Gasteiger partial charge in [-0.1, -0.05) is 78.9 Å². The van der Waals surface area contributed by atoms with Crippen molar-refractivity contribution in [3.63, 3.8) is 0 Å². The van der Waals surface area contributed by atoms with Crippen LogP contribution in [-0.2, 0) is 0 Å². The van der Waals surface area contributed by atoms with E-state index in [0.29, 0.717) is 0 Å². The van der Waals surface area contributed by atoms with Gasteiger partial charge in [0.25, 0.3) is 0 Å². The number of hydrogen-bond donors (Lipinski definition) is 0. The molecule has 0 radical (unpaired) electrons. The summed E-state index contributed by atoms with van der Waals surface area (Å²) in [7, 11) is 0. The zero-order valence-electron chi connectivity index (χ0n) is 17.0. The molecule has 0 aromatic heterocycles. The Labute approximate surface area is 180 Å². The van der Waals surface area contributed by atoms with Gasteiger partial charge in [0.05, 0.1) is 0 Å². The molecule has 3 aromatic rings. The first-order chi connectivity index (χ1) is 15.2. The molecule has 0 saturated carbocycles. The Morgan fingerprint density at radius 2 is 1.39 bits per heavy atom. The summed E-state index contributed by atoms with van der Waals surface area (Å²) in [6, 6.07) is 26.6. The van der Waals surface area contributed by atoms with E-state index in [0.717, 1.165) is 42.0 Å². The Bertz CT molecular complexity index is 1120. The summed E-state index contributed by atoms with van der Waals surface area (Å²) < 4.78 is 6.52. The molecule has 3 aliphatic heterocycles. The quantitative estimate of drug-likeness (QED) is 0.466. The minimum absolute atomic E-state index is 0.0543. The van der Waals surface area contributed by atoms with E-state index >= 15 is 0 Å². The molecule has 0 unspecified atom stereocenters. The number of ether oxygens (including phenoxy) is 1. The van der Waals surface area contributed by atoms with Crippen LogP contribution in [0.5, 0.6) is 5.75 Å². The molecule has 0 amide bonds. The number of para-hydroxylation sites is 1. The molecule has 0 bridgehead atoms. The highest BCUT2D eigenvalue weighted by molar-refractivity contribution is 5.46. The van der Waals surface area contributed by atoms with E-state index in [2.05, 4.69) is 10.0 Å². The summed E-state index contributed by atoms with van der Waals surface area (Å²) in [5, 5.41) is 17.7. The maximum Gasteiger partial charge on any atom is 0.303 e. The highest BCUT2D eigenvalue weighted by Gasteiger charge is 2.75. The average molecular weight is 413 g/mol. The van der Waals surface area contributed by atoms with Gasteiger partial charge < -0.3 is 4.74 Å².